The third-order valence-corrected chi connectivity index (χ3v) is 6.86. The third-order valence-electron chi connectivity index (χ3n) is 5.07. The first-order valence-corrected chi connectivity index (χ1v) is 11.0. The Balaban J connectivity index is 1.93. The first kappa shape index (κ1) is 19.8. The summed E-state index contributed by atoms with van der Waals surface area (Å²) in [6.07, 6.45) is 10.2. The second kappa shape index (κ2) is 8.37. The van der Waals surface area contributed by atoms with Crippen LogP contribution in [0.25, 0.3) is 0 Å². The number of allylic oxidation sites excluding steroid dienone is 2. The standard InChI is InChI=1S/C20H27N3O3S/c1-3-4-7-14(2)27(26,21-13-24)23-20(25)22-19-17-10-5-8-15(17)12-16-9-6-11-18(16)19/h4,7,12,24H,2-3,5-6,8-11,13H2,1H3,(H2,21,22,23,25,26)/b7-4-. The lowest BCUT2D eigenvalue weighted by atomic mass is 9.99. The molecule has 3 N–H and O–H groups in total. The van der Waals surface area contributed by atoms with Crippen LogP contribution in [-0.4, -0.2) is 22.1 Å². The van der Waals surface area contributed by atoms with Crippen LogP contribution in [0.3, 0.4) is 0 Å². The van der Waals surface area contributed by atoms with Gasteiger partial charge in [-0.05, 0) is 73.3 Å². The molecule has 0 aromatic heterocycles. The molecule has 7 heteroatoms. The van der Waals surface area contributed by atoms with Gasteiger partial charge in [0.25, 0.3) is 0 Å². The Labute approximate surface area is 161 Å². The molecule has 146 valence electrons. The minimum atomic E-state index is -3.31. The van der Waals surface area contributed by atoms with E-state index in [2.05, 4.69) is 27.0 Å². The first-order chi connectivity index (χ1) is 13.0. The number of anilines is 1. The smallest absolute Gasteiger partial charge is 0.354 e. The number of hydrogen-bond donors (Lipinski definition) is 3. The van der Waals surface area contributed by atoms with E-state index in [0.29, 0.717) is 0 Å². The molecule has 1 atom stereocenters. The molecular formula is C20H27N3O3S. The number of rotatable bonds is 6. The molecule has 0 radical (unpaired) electrons. The summed E-state index contributed by atoms with van der Waals surface area (Å²) >= 11 is 0. The van der Waals surface area contributed by atoms with Crippen molar-refractivity contribution >= 4 is 21.6 Å². The number of nitrogens with zero attached hydrogens (tertiary/aromatic N) is 1. The molecule has 2 amide bonds. The van der Waals surface area contributed by atoms with Gasteiger partial charge < -0.3 is 10.4 Å². The molecule has 0 heterocycles. The van der Waals surface area contributed by atoms with Crippen molar-refractivity contribution < 1.29 is 14.1 Å². The van der Waals surface area contributed by atoms with Gasteiger partial charge in [0, 0.05) is 5.69 Å². The number of carbonyl (C=O) groups excluding carboxylic acids is 1. The van der Waals surface area contributed by atoms with Crippen molar-refractivity contribution in [3.63, 3.8) is 0 Å². The summed E-state index contributed by atoms with van der Waals surface area (Å²) in [5.41, 5.74) is 5.83. The number of nitrogens with one attached hydrogen (secondary N) is 2. The van der Waals surface area contributed by atoms with Crippen molar-refractivity contribution in [3.05, 3.63) is 52.0 Å². The van der Waals surface area contributed by atoms with Gasteiger partial charge in [0.15, 0.2) is 0 Å². The molecular weight excluding hydrogens is 362 g/mol. The average Bonchev–Trinajstić information content (AvgIpc) is 3.28. The number of urea groups is 1. The summed E-state index contributed by atoms with van der Waals surface area (Å²) in [5, 5.41) is 12.1. The van der Waals surface area contributed by atoms with Crippen molar-refractivity contribution in [1.29, 1.82) is 0 Å². The maximum Gasteiger partial charge on any atom is 0.354 e. The minimum absolute atomic E-state index is 0.164. The van der Waals surface area contributed by atoms with Crippen LogP contribution < -0.4 is 10.0 Å². The summed E-state index contributed by atoms with van der Waals surface area (Å²) in [6.45, 7) is 5.12. The van der Waals surface area contributed by atoms with Crippen LogP contribution in [0.1, 0.15) is 48.4 Å². The van der Waals surface area contributed by atoms with Crippen LogP contribution in [0.2, 0.25) is 0 Å². The summed E-state index contributed by atoms with van der Waals surface area (Å²) in [6, 6.07) is 1.60. The van der Waals surface area contributed by atoms with E-state index in [1.807, 2.05) is 6.92 Å². The topological polar surface area (TPSA) is 90.8 Å². The Morgan fingerprint density at radius 1 is 1.26 bits per heavy atom. The van der Waals surface area contributed by atoms with Crippen LogP contribution in [0.15, 0.2) is 34.1 Å². The van der Waals surface area contributed by atoms with E-state index < -0.39 is 22.7 Å². The maximum atomic E-state index is 13.0. The third kappa shape index (κ3) is 4.15. The van der Waals surface area contributed by atoms with Gasteiger partial charge in [-0.15, -0.1) is 4.36 Å². The van der Waals surface area contributed by atoms with Crippen molar-refractivity contribution in [2.75, 3.05) is 12.0 Å². The molecule has 2 aliphatic carbocycles. The fourth-order valence-electron chi connectivity index (χ4n) is 3.83. The zero-order valence-corrected chi connectivity index (χ0v) is 16.5. The molecule has 6 nitrogen and oxygen atoms in total. The summed E-state index contributed by atoms with van der Waals surface area (Å²) in [7, 11) is -3.31. The number of carbonyl (C=O) groups is 1. The van der Waals surface area contributed by atoms with Gasteiger partial charge in [-0.2, -0.15) is 0 Å². The highest BCUT2D eigenvalue weighted by molar-refractivity contribution is 7.96. The molecule has 0 fully saturated rings. The van der Waals surface area contributed by atoms with E-state index in [1.165, 1.54) is 22.3 Å². The molecule has 1 aromatic carbocycles. The highest BCUT2D eigenvalue weighted by Gasteiger charge is 2.25. The average molecular weight is 390 g/mol. The van der Waals surface area contributed by atoms with Gasteiger partial charge in [0.1, 0.15) is 16.6 Å². The zero-order chi connectivity index (χ0) is 19.4. The molecule has 0 aliphatic heterocycles. The fourth-order valence-corrected chi connectivity index (χ4v) is 4.93. The predicted molar refractivity (Wildman–Crippen MR) is 109 cm³/mol. The highest BCUT2D eigenvalue weighted by Crippen LogP contribution is 2.38. The van der Waals surface area contributed by atoms with E-state index in [-0.39, 0.29) is 4.91 Å². The van der Waals surface area contributed by atoms with Gasteiger partial charge in [-0.1, -0.05) is 25.6 Å². The molecule has 0 spiro atoms. The zero-order valence-electron chi connectivity index (χ0n) is 15.7. The lowest BCUT2D eigenvalue weighted by Gasteiger charge is -2.16. The van der Waals surface area contributed by atoms with Crippen LogP contribution in [0.5, 0.6) is 0 Å². The second-order valence-electron chi connectivity index (χ2n) is 6.86. The lowest BCUT2D eigenvalue weighted by molar-refractivity contribution is 0.259. The number of benzene rings is 1. The lowest BCUT2D eigenvalue weighted by Crippen LogP contribution is -2.27. The van der Waals surface area contributed by atoms with Gasteiger partial charge in [0.05, 0.1) is 4.91 Å². The predicted octanol–water partition coefficient (Wildman–Crippen LogP) is 3.60. The summed E-state index contributed by atoms with van der Waals surface area (Å²) in [4.78, 5) is 12.8. The van der Waals surface area contributed by atoms with Crippen LogP contribution in [0.4, 0.5) is 10.5 Å². The number of hydrogen-bond acceptors (Lipinski definition) is 3. The molecule has 0 saturated carbocycles. The number of amides is 2. The van der Waals surface area contributed by atoms with Crippen molar-refractivity contribution in [3.8, 4) is 0 Å². The molecule has 27 heavy (non-hydrogen) atoms. The van der Waals surface area contributed by atoms with Crippen LogP contribution in [0, 0.1) is 0 Å². The molecule has 3 rings (SSSR count). The van der Waals surface area contributed by atoms with E-state index in [4.69, 9.17) is 0 Å². The normalized spacial score (nSPS) is 17.4. The molecule has 0 saturated heterocycles. The van der Waals surface area contributed by atoms with Crippen molar-refractivity contribution in [2.45, 2.75) is 51.9 Å². The van der Waals surface area contributed by atoms with E-state index in [9.17, 15) is 14.1 Å². The van der Waals surface area contributed by atoms with Gasteiger partial charge in [-0.3, -0.25) is 0 Å². The number of fused-ring (bicyclic) bond motifs is 2. The Hall–Kier alpha value is -1.96. The molecule has 1 unspecified atom stereocenters. The van der Waals surface area contributed by atoms with E-state index in [0.717, 1.165) is 50.6 Å². The Kier molecular flexibility index (Phi) is 6.14. The maximum absolute atomic E-state index is 13.0. The van der Waals surface area contributed by atoms with E-state index in [1.54, 1.807) is 12.2 Å². The highest BCUT2D eigenvalue weighted by atomic mass is 32.2. The van der Waals surface area contributed by atoms with E-state index >= 15 is 0 Å². The SMILES string of the molecule is C=C(/C=C\CC)S(=O)(=NC(=O)Nc1c2c(cc3c1CCC3)CCC2)NCO. The molecule has 1 aromatic rings. The molecule has 2 aliphatic rings. The molecule has 0 bridgehead atoms. The second-order valence-corrected chi connectivity index (χ2v) is 8.91. The Bertz CT molecular complexity index is 879. The fraction of sp³-hybridized carbons (Fsp3) is 0.450. The Morgan fingerprint density at radius 3 is 2.44 bits per heavy atom. The largest absolute Gasteiger partial charge is 0.380 e. The van der Waals surface area contributed by atoms with Crippen molar-refractivity contribution in [2.24, 2.45) is 4.36 Å². The Morgan fingerprint density at radius 2 is 1.89 bits per heavy atom. The first-order valence-electron chi connectivity index (χ1n) is 9.44. The number of aliphatic hydroxyl groups excluding tert-OH is 1. The minimum Gasteiger partial charge on any atom is -0.380 e. The van der Waals surface area contributed by atoms with Crippen LogP contribution in [-0.2, 0) is 35.6 Å². The van der Waals surface area contributed by atoms with Gasteiger partial charge in [0.2, 0.25) is 0 Å². The van der Waals surface area contributed by atoms with Gasteiger partial charge >= 0.3 is 6.03 Å². The summed E-state index contributed by atoms with van der Waals surface area (Å²) < 4.78 is 19.3. The van der Waals surface area contributed by atoms with Crippen molar-refractivity contribution in [1.82, 2.24) is 4.72 Å². The number of aliphatic hydroxyl groups is 1. The summed E-state index contributed by atoms with van der Waals surface area (Å²) in [5.74, 6) is 0. The van der Waals surface area contributed by atoms with Gasteiger partial charge in [-0.25, -0.2) is 13.7 Å². The number of aryl methyl sites for hydroxylation is 2. The van der Waals surface area contributed by atoms with Crippen LogP contribution >= 0.6 is 0 Å². The monoisotopic (exact) mass is 389 g/mol. The quantitative estimate of drug-likeness (QED) is 0.513.